The van der Waals surface area contributed by atoms with Crippen LogP contribution >= 0.6 is 0 Å². The molecule has 0 radical (unpaired) electrons. The van der Waals surface area contributed by atoms with Crippen LogP contribution in [-0.4, -0.2) is 7.11 Å². The van der Waals surface area contributed by atoms with Crippen LogP contribution in [-0.2, 0) is 6.42 Å². The number of fused-ring (bicyclic) bond motifs is 3. The SMILES string of the molecule is COc1ccc(C2Oc3ccccc3C3=C2Cc2ccccc2O3)cc1. The first kappa shape index (κ1) is 15.1. The van der Waals surface area contributed by atoms with Crippen LogP contribution < -0.4 is 14.2 Å². The van der Waals surface area contributed by atoms with Crippen LogP contribution in [0.2, 0.25) is 0 Å². The van der Waals surface area contributed by atoms with Crippen LogP contribution in [0.4, 0.5) is 0 Å². The minimum absolute atomic E-state index is 0.167. The van der Waals surface area contributed by atoms with Gasteiger partial charge in [0.1, 0.15) is 29.1 Å². The van der Waals surface area contributed by atoms with Gasteiger partial charge in [-0.15, -0.1) is 0 Å². The second kappa shape index (κ2) is 5.95. The molecule has 0 saturated carbocycles. The van der Waals surface area contributed by atoms with Gasteiger partial charge >= 0.3 is 0 Å². The molecule has 0 bridgehead atoms. The van der Waals surface area contributed by atoms with E-state index >= 15 is 0 Å². The summed E-state index contributed by atoms with van der Waals surface area (Å²) in [7, 11) is 1.68. The number of methoxy groups -OCH3 is 1. The van der Waals surface area contributed by atoms with Crippen LogP contribution in [0.1, 0.15) is 22.8 Å². The van der Waals surface area contributed by atoms with Crippen LogP contribution in [0.5, 0.6) is 17.2 Å². The van der Waals surface area contributed by atoms with Crippen molar-refractivity contribution in [2.75, 3.05) is 7.11 Å². The van der Waals surface area contributed by atoms with Gasteiger partial charge in [-0.05, 0) is 41.5 Å². The van der Waals surface area contributed by atoms with Gasteiger partial charge in [-0.1, -0.05) is 42.5 Å². The molecular formula is C23H18O3. The summed E-state index contributed by atoms with van der Waals surface area (Å²) in [4.78, 5) is 0. The van der Waals surface area contributed by atoms with E-state index in [0.717, 1.165) is 46.1 Å². The Bertz CT molecular complexity index is 1000. The Hall–Kier alpha value is -3.20. The lowest BCUT2D eigenvalue weighted by Gasteiger charge is -2.34. The van der Waals surface area contributed by atoms with E-state index in [9.17, 15) is 0 Å². The molecule has 3 nitrogen and oxygen atoms in total. The van der Waals surface area contributed by atoms with Crippen LogP contribution in [0.3, 0.4) is 0 Å². The summed E-state index contributed by atoms with van der Waals surface area (Å²) in [6, 6.07) is 24.3. The number of ether oxygens (including phenoxy) is 3. The van der Waals surface area contributed by atoms with Crippen molar-refractivity contribution in [3.05, 3.63) is 95.1 Å². The summed E-state index contributed by atoms with van der Waals surface area (Å²) < 4.78 is 18.0. The lowest BCUT2D eigenvalue weighted by atomic mass is 9.88. The highest BCUT2D eigenvalue weighted by atomic mass is 16.5. The smallest absolute Gasteiger partial charge is 0.149 e. The van der Waals surface area contributed by atoms with Crippen molar-refractivity contribution in [3.63, 3.8) is 0 Å². The molecule has 0 aromatic heterocycles. The van der Waals surface area contributed by atoms with Crippen LogP contribution in [0.15, 0.2) is 78.4 Å². The molecule has 2 aliphatic heterocycles. The molecule has 2 heterocycles. The second-order valence-corrected chi connectivity index (χ2v) is 6.51. The number of para-hydroxylation sites is 2. The van der Waals surface area contributed by atoms with Crippen molar-refractivity contribution in [1.82, 2.24) is 0 Å². The van der Waals surface area contributed by atoms with Crippen molar-refractivity contribution >= 4 is 5.76 Å². The summed E-state index contributed by atoms with van der Waals surface area (Å²) in [5, 5.41) is 0. The zero-order chi connectivity index (χ0) is 17.5. The predicted octanol–water partition coefficient (Wildman–Crippen LogP) is 5.18. The molecule has 0 saturated heterocycles. The molecule has 2 aliphatic rings. The van der Waals surface area contributed by atoms with Crippen molar-refractivity contribution in [3.8, 4) is 17.2 Å². The Morgan fingerprint density at radius 3 is 2.38 bits per heavy atom. The average molecular weight is 342 g/mol. The summed E-state index contributed by atoms with van der Waals surface area (Å²) in [5.74, 6) is 3.54. The maximum absolute atomic E-state index is 6.40. The monoisotopic (exact) mass is 342 g/mol. The molecule has 1 atom stereocenters. The number of benzene rings is 3. The van der Waals surface area contributed by atoms with Gasteiger partial charge in [0.2, 0.25) is 0 Å². The Kier molecular flexibility index (Phi) is 3.45. The van der Waals surface area contributed by atoms with Gasteiger partial charge in [-0.2, -0.15) is 0 Å². The largest absolute Gasteiger partial charge is 0.497 e. The minimum Gasteiger partial charge on any atom is -0.497 e. The highest BCUT2D eigenvalue weighted by Crippen LogP contribution is 2.47. The molecule has 0 spiro atoms. The van der Waals surface area contributed by atoms with Gasteiger partial charge in [0.05, 0.1) is 12.7 Å². The van der Waals surface area contributed by atoms with Gasteiger partial charge in [0, 0.05) is 12.0 Å². The third kappa shape index (κ3) is 2.36. The first-order valence-electron chi connectivity index (χ1n) is 8.72. The molecule has 0 fully saturated rings. The Balaban J connectivity index is 1.65. The molecule has 5 rings (SSSR count). The predicted molar refractivity (Wildman–Crippen MR) is 100 cm³/mol. The summed E-state index contributed by atoms with van der Waals surface area (Å²) in [5.41, 5.74) is 4.46. The maximum Gasteiger partial charge on any atom is 0.149 e. The number of hydrogen-bond acceptors (Lipinski definition) is 3. The highest BCUT2D eigenvalue weighted by Gasteiger charge is 2.34. The van der Waals surface area contributed by atoms with E-state index in [1.165, 1.54) is 5.56 Å². The Morgan fingerprint density at radius 1 is 0.846 bits per heavy atom. The van der Waals surface area contributed by atoms with Crippen molar-refractivity contribution in [2.24, 2.45) is 0 Å². The average Bonchev–Trinajstić information content (AvgIpc) is 2.72. The molecule has 26 heavy (non-hydrogen) atoms. The lowest BCUT2D eigenvalue weighted by Crippen LogP contribution is -2.23. The van der Waals surface area contributed by atoms with E-state index in [4.69, 9.17) is 14.2 Å². The molecule has 0 N–H and O–H groups in total. The quantitative estimate of drug-likeness (QED) is 0.643. The summed E-state index contributed by atoms with van der Waals surface area (Å²) in [6.07, 6.45) is 0.649. The molecule has 3 heteroatoms. The first-order valence-corrected chi connectivity index (χ1v) is 8.72. The second-order valence-electron chi connectivity index (χ2n) is 6.51. The van der Waals surface area contributed by atoms with E-state index in [1.54, 1.807) is 7.11 Å². The molecule has 0 aliphatic carbocycles. The fraction of sp³-hybridized carbons (Fsp3) is 0.130. The molecule has 3 aromatic carbocycles. The minimum atomic E-state index is -0.167. The van der Waals surface area contributed by atoms with Gasteiger partial charge in [0.25, 0.3) is 0 Å². The third-order valence-electron chi connectivity index (χ3n) is 4.97. The van der Waals surface area contributed by atoms with E-state index in [2.05, 4.69) is 24.3 Å². The maximum atomic E-state index is 6.40. The fourth-order valence-electron chi connectivity index (χ4n) is 3.65. The zero-order valence-electron chi connectivity index (χ0n) is 14.4. The third-order valence-corrected chi connectivity index (χ3v) is 4.97. The van der Waals surface area contributed by atoms with Crippen LogP contribution in [0, 0.1) is 0 Å². The highest BCUT2D eigenvalue weighted by molar-refractivity contribution is 5.75. The first-order chi connectivity index (χ1) is 12.8. The molecule has 3 aromatic rings. The van der Waals surface area contributed by atoms with Gasteiger partial charge in [-0.25, -0.2) is 0 Å². The Labute approximate surface area is 152 Å². The van der Waals surface area contributed by atoms with E-state index in [-0.39, 0.29) is 6.10 Å². The van der Waals surface area contributed by atoms with Crippen molar-refractivity contribution in [1.29, 1.82) is 0 Å². The lowest BCUT2D eigenvalue weighted by molar-refractivity contribution is 0.225. The van der Waals surface area contributed by atoms with E-state index in [1.807, 2.05) is 48.5 Å². The summed E-state index contributed by atoms with van der Waals surface area (Å²) >= 11 is 0. The Morgan fingerprint density at radius 2 is 1.58 bits per heavy atom. The van der Waals surface area contributed by atoms with E-state index in [0.29, 0.717) is 0 Å². The molecular weight excluding hydrogens is 324 g/mol. The standard InChI is InChI=1S/C23H18O3/c1-24-17-12-10-15(11-13-17)22-19-14-16-6-2-4-8-20(16)25-23(19)18-7-3-5-9-21(18)26-22/h2-13,22H,14H2,1H3. The fourth-order valence-corrected chi connectivity index (χ4v) is 3.65. The summed E-state index contributed by atoms with van der Waals surface area (Å²) in [6.45, 7) is 0. The molecule has 0 amide bonds. The topological polar surface area (TPSA) is 27.7 Å². The molecule has 1 unspecified atom stereocenters. The van der Waals surface area contributed by atoms with Gasteiger partial charge in [-0.3, -0.25) is 0 Å². The van der Waals surface area contributed by atoms with E-state index < -0.39 is 0 Å². The molecule has 128 valence electrons. The van der Waals surface area contributed by atoms with Gasteiger partial charge in [0.15, 0.2) is 0 Å². The van der Waals surface area contributed by atoms with Crippen molar-refractivity contribution in [2.45, 2.75) is 12.5 Å². The van der Waals surface area contributed by atoms with Gasteiger partial charge < -0.3 is 14.2 Å². The number of hydrogen-bond donors (Lipinski definition) is 0. The van der Waals surface area contributed by atoms with Crippen LogP contribution in [0.25, 0.3) is 5.76 Å². The normalized spacial score (nSPS) is 17.3. The zero-order valence-corrected chi connectivity index (χ0v) is 14.4. The van der Waals surface area contributed by atoms with Crippen molar-refractivity contribution < 1.29 is 14.2 Å². The number of rotatable bonds is 2.